The van der Waals surface area contributed by atoms with Crippen molar-refractivity contribution in [2.75, 3.05) is 49.0 Å². The first kappa shape index (κ1) is 45.8. The van der Waals surface area contributed by atoms with Gasteiger partial charge in [0.25, 0.3) is 0 Å². The molecule has 1 atom stereocenters. The van der Waals surface area contributed by atoms with Crippen molar-refractivity contribution in [3.63, 3.8) is 0 Å². The van der Waals surface area contributed by atoms with Crippen LogP contribution in [0.4, 0.5) is 16.2 Å². The number of sulfonamides is 1. The summed E-state index contributed by atoms with van der Waals surface area (Å²) in [6.07, 6.45) is 10.7. The number of nitrogens with zero attached hydrogens (tertiary/aromatic N) is 1. The molecule has 1 fully saturated rings. The Morgan fingerprint density at radius 1 is 0.893 bits per heavy atom. The number of carbonyl (C=O) groups excluding carboxylic acids is 1. The van der Waals surface area contributed by atoms with Crippen molar-refractivity contribution < 1.29 is 27.1 Å². The first-order valence-electron chi connectivity index (χ1n) is 20.2. The van der Waals surface area contributed by atoms with E-state index in [-0.39, 0.29) is 17.2 Å². The number of halogens is 1. The molecule has 1 amide bonds. The predicted octanol–water partition coefficient (Wildman–Crippen LogP) is 10.5. The zero-order valence-corrected chi connectivity index (χ0v) is 37.8. The Balaban J connectivity index is 1.15. The van der Waals surface area contributed by atoms with E-state index in [2.05, 4.69) is 70.1 Å². The Morgan fingerprint density at radius 3 is 2.20 bits per heavy atom. The monoisotopic (exact) mass is 872 g/mol. The van der Waals surface area contributed by atoms with Gasteiger partial charge in [-0.3, -0.25) is 10.0 Å². The number of anilines is 2. The second-order valence-corrected chi connectivity index (χ2v) is 23.9. The van der Waals surface area contributed by atoms with Crippen molar-refractivity contribution in [1.82, 2.24) is 10.2 Å². The van der Waals surface area contributed by atoms with Crippen molar-refractivity contribution in [1.29, 1.82) is 0 Å². The van der Waals surface area contributed by atoms with E-state index in [1.165, 1.54) is 38.5 Å². The third-order valence-electron chi connectivity index (χ3n) is 10.7. The summed E-state index contributed by atoms with van der Waals surface area (Å²) in [4.78, 5) is 14.8. The smallest absolute Gasteiger partial charge is 0.411 e. The Morgan fingerprint density at radius 2 is 1.54 bits per heavy atom. The van der Waals surface area contributed by atoms with Crippen LogP contribution < -0.4 is 20.1 Å². The molecule has 310 valence electrons. The number of amides is 1. The van der Waals surface area contributed by atoms with Crippen molar-refractivity contribution in [3.8, 4) is 5.75 Å². The number of para-hydroxylation sites is 1. The van der Waals surface area contributed by atoms with E-state index >= 15 is 0 Å². The molecule has 0 bridgehead atoms. The lowest BCUT2D eigenvalue weighted by Crippen LogP contribution is -2.43. The summed E-state index contributed by atoms with van der Waals surface area (Å²) >= 11 is 3.45. The van der Waals surface area contributed by atoms with Crippen molar-refractivity contribution >= 4 is 51.7 Å². The molecule has 1 aliphatic heterocycles. The largest absolute Gasteiger partial charge is 0.487 e. The number of nitrogens with one attached hydrogen (secondary N) is 3. The number of rotatable bonds is 22. The van der Waals surface area contributed by atoms with Gasteiger partial charge in [-0.1, -0.05) is 101 Å². The zero-order valence-electron chi connectivity index (χ0n) is 34.4. The Labute approximate surface area is 346 Å². The minimum atomic E-state index is -3.54. The van der Waals surface area contributed by atoms with Gasteiger partial charge in [0.05, 0.1) is 23.7 Å². The summed E-state index contributed by atoms with van der Waals surface area (Å²) in [5.74, 6) is 0.480. The maximum absolute atomic E-state index is 12.4. The average Bonchev–Trinajstić information content (AvgIpc) is 3.13. The fourth-order valence-corrected chi connectivity index (χ4v) is 8.68. The minimum Gasteiger partial charge on any atom is -0.487 e. The Hall–Kier alpha value is -2.94. The van der Waals surface area contributed by atoms with Crippen molar-refractivity contribution in [2.24, 2.45) is 0 Å². The van der Waals surface area contributed by atoms with Gasteiger partial charge in [0.2, 0.25) is 10.0 Å². The maximum atomic E-state index is 12.4. The van der Waals surface area contributed by atoms with Crippen LogP contribution in [0.5, 0.6) is 5.75 Å². The molecule has 3 aromatic rings. The quantitative estimate of drug-likeness (QED) is 0.0675. The van der Waals surface area contributed by atoms with Gasteiger partial charge < -0.3 is 24.1 Å². The molecule has 10 nitrogen and oxygen atoms in total. The van der Waals surface area contributed by atoms with Gasteiger partial charge in [-0.25, -0.2) is 13.2 Å². The Bertz CT molecular complexity index is 1750. The van der Waals surface area contributed by atoms with E-state index in [1.54, 1.807) is 0 Å². The van der Waals surface area contributed by atoms with Crippen molar-refractivity contribution in [3.05, 3.63) is 88.4 Å². The van der Waals surface area contributed by atoms with Crippen LogP contribution in [0, 0.1) is 0 Å². The van der Waals surface area contributed by atoms with Crippen LogP contribution in [0.15, 0.2) is 77.3 Å². The van der Waals surface area contributed by atoms with E-state index < -0.39 is 24.4 Å². The number of hydrogen-bond donors (Lipinski definition) is 3. The molecule has 1 saturated heterocycles. The SMILES string of the molecule is CC(C)(C)[Si](C)(C)O[C@@H](CNCCCCCCCCCN1CCC(OC(=O)Nc2ccccc2Br)CC1)c1ccc(OCc2ccccc2)c(NS(C)(=O)=O)c1. The molecule has 1 aliphatic rings. The summed E-state index contributed by atoms with van der Waals surface area (Å²) < 4.78 is 47.0. The van der Waals surface area contributed by atoms with Gasteiger partial charge in [0.15, 0.2) is 8.32 Å². The maximum Gasteiger partial charge on any atom is 0.411 e. The lowest BCUT2D eigenvalue weighted by atomic mass is 10.1. The fraction of sp³-hybridized carbons (Fsp3) is 0.558. The summed E-state index contributed by atoms with van der Waals surface area (Å²) in [7, 11) is -5.69. The molecule has 1 heterocycles. The number of hydrogen-bond acceptors (Lipinski definition) is 8. The molecule has 0 aliphatic carbocycles. The third-order valence-corrected chi connectivity index (χ3v) is 16.5. The van der Waals surface area contributed by atoms with Crippen LogP contribution in [0.25, 0.3) is 0 Å². The second-order valence-electron chi connectivity index (χ2n) is 16.5. The predicted molar refractivity (Wildman–Crippen MR) is 236 cm³/mol. The number of likely N-dealkylation sites (tertiary alicyclic amines) is 1. The molecular formula is C43H65BrN4O6SSi. The van der Waals surface area contributed by atoms with E-state index in [0.29, 0.717) is 24.6 Å². The lowest BCUT2D eigenvalue weighted by Gasteiger charge is -2.39. The highest BCUT2D eigenvalue weighted by Crippen LogP contribution is 2.40. The molecule has 56 heavy (non-hydrogen) atoms. The highest BCUT2D eigenvalue weighted by molar-refractivity contribution is 9.10. The lowest BCUT2D eigenvalue weighted by molar-refractivity contribution is 0.0584. The van der Waals surface area contributed by atoms with Gasteiger partial charge in [-0.2, -0.15) is 0 Å². The standard InChI is InChI=1S/C43H65BrN4O6SSi/c1-43(2,3)56(5,6)54-41(35-23-24-40(39(31-35)47-55(4,50)51)52-33-34-19-13-12-14-20-34)32-45-27-17-10-8-7-9-11-18-28-48-29-25-36(26-30-48)53-42(49)46-38-22-16-15-21-37(38)44/h12-16,19-24,31,36,41,45,47H,7-11,17-18,25-30,32-33H2,1-6H3,(H,46,49)/t41-/m0/s1. The topological polar surface area (TPSA) is 118 Å². The summed E-state index contributed by atoms with van der Waals surface area (Å²) in [5.41, 5.74) is 3.05. The zero-order chi connectivity index (χ0) is 40.6. The number of carbonyl (C=O) groups is 1. The molecular weight excluding hydrogens is 809 g/mol. The molecule has 0 spiro atoms. The third kappa shape index (κ3) is 16.1. The highest BCUT2D eigenvalue weighted by Gasteiger charge is 2.39. The van der Waals surface area contributed by atoms with E-state index in [4.69, 9.17) is 13.9 Å². The van der Waals surface area contributed by atoms with Gasteiger partial charge in [-0.05, 0) is 108 Å². The van der Waals surface area contributed by atoms with Gasteiger partial charge in [0, 0.05) is 24.1 Å². The number of ether oxygens (including phenoxy) is 2. The number of piperidine rings is 1. The summed E-state index contributed by atoms with van der Waals surface area (Å²) in [6.45, 7) is 16.1. The average molecular weight is 874 g/mol. The summed E-state index contributed by atoms with van der Waals surface area (Å²) in [6, 6.07) is 23.1. The van der Waals surface area contributed by atoms with Gasteiger partial charge in [0.1, 0.15) is 18.5 Å². The highest BCUT2D eigenvalue weighted by atomic mass is 79.9. The van der Waals surface area contributed by atoms with Crippen LogP contribution in [-0.2, 0) is 25.8 Å². The van der Waals surface area contributed by atoms with E-state index in [9.17, 15) is 13.2 Å². The Kier molecular flexibility index (Phi) is 18.2. The molecule has 4 rings (SSSR count). The molecule has 13 heteroatoms. The van der Waals surface area contributed by atoms with E-state index in [0.717, 1.165) is 73.0 Å². The fourth-order valence-electron chi connectivity index (χ4n) is 6.46. The van der Waals surface area contributed by atoms with Crippen LogP contribution in [0.2, 0.25) is 18.1 Å². The molecule has 0 aromatic heterocycles. The van der Waals surface area contributed by atoms with Crippen molar-refractivity contribution in [2.45, 2.75) is 116 Å². The van der Waals surface area contributed by atoms with Crippen LogP contribution in [-0.4, -0.2) is 72.8 Å². The first-order chi connectivity index (χ1) is 26.6. The van der Waals surface area contributed by atoms with Crippen LogP contribution >= 0.6 is 15.9 Å². The number of unbranched alkanes of at least 4 members (excludes halogenated alkanes) is 6. The molecule has 0 saturated carbocycles. The first-order valence-corrected chi connectivity index (χ1v) is 25.8. The number of benzene rings is 3. The van der Waals surface area contributed by atoms with E-state index in [1.807, 2.05) is 72.8 Å². The van der Waals surface area contributed by atoms with Gasteiger partial charge >= 0.3 is 6.09 Å². The van der Waals surface area contributed by atoms with Crippen LogP contribution in [0.1, 0.15) is 95.8 Å². The van der Waals surface area contributed by atoms with Crippen LogP contribution in [0.3, 0.4) is 0 Å². The molecule has 0 radical (unpaired) electrons. The van der Waals surface area contributed by atoms with Gasteiger partial charge in [-0.15, -0.1) is 0 Å². The summed E-state index contributed by atoms with van der Waals surface area (Å²) in [5, 5.41) is 6.50. The minimum absolute atomic E-state index is 0.0179. The molecule has 3 N–H and O–H groups in total. The second kappa shape index (κ2) is 22.3. The molecule has 0 unspecified atom stereocenters. The normalized spacial score (nSPS) is 15.0. The molecule has 3 aromatic carbocycles.